The number of piperidine rings is 1. The summed E-state index contributed by atoms with van der Waals surface area (Å²) in [6, 6.07) is 9.36. The van der Waals surface area contributed by atoms with E-state index < -0.39 is 71.4 Å². The van der Waals surface area contributed by atoms with E-state index in [-0.39, 0.29) is 107 Å². The number of hydrogen-bond donors (Lipinski definition) is 6. The molecule has 2 aromatic heterocycles. The van der Waals surface area contributed by atoms with Crippen molar-refractivity contribution in [2.75, 3.05) is 39.5 Å². The summed E-state index contributed by atoms with van der Waals surface area (Å²) in [4.78, 5) is 136. The highest BCUT2D eigenvalue weighted by Crippen LogP contribution is 2.48. The third-order valence-corrected chi connectivity index (χ3v) is 15.4. The van der Waals surface area contributed by atoms with Crippen LogP contribution in [0.5, 0.6) is 0 Å². The first-order valence-electron chi connectivity index (χ1n) is 26.6. The Morgan fingerprint density at radius 2 is 1.71 bits per heavy atom. The number of rotatable bonds is 23. The van der Waals surface area contributed by atoms with Gasteiger partial charge in [-0.05, 0) is 73.8 Å². The molecule has 0 radical (unpaired) electrons. The van der Waals surface area contributed by atoms with Crippen molar-refractivity contribution in [3.63, 3.8) is 0 Å². The molecule has 5 aliphatic rings. The summed E-state index contributed by atoms with van der Waals surface area (Å²) < 4.78 is 28.3. The molecule has 0 spiro atoms. The molecule has 0 saturated carbocycles. The Hall–Kier alpha value is -8.02. The predicted octanol–water partition coefficient (Wildman–Crippen LogP) is 1.20. The van der Waals surface area contributed by atoms with E-state index >= 15 is 4.39 Å². The number of nitrogens with one attached hydrogen (secondary N) is 5. The van der Waals surface area contributed by atoms with Crippen LogP contribution in [0.15, 0.2) is 59.4 Å². The van der Waals surface area contributed by atoms with Gasteiger partial charge in [0.1, 0.15) is 31.5 Å². The molecular formula is C56H62FN9O13. The second-order valence-corrected chi connectivity index (χ2v) is 20.4. The van der Waals surface area contributed by atoms with Crippen LogP contribution in [0.4, 0.5) is 4.39 Å². The molecule has 4 aromatic rings. The lowest BCUT2D eigenvalue weighted by Gasteiger charge is -2.41. The number of likely N-dealkylation sites (tertiary alicyclic amines) is 1. The molecule has 1 fully saturated rings. The van der Waals surface area contributed by atoms with E-state index in [1.165, 1.54) is 22.8 Å². The van der Waals surface area contributed by atoms with Crippen LogP contribution in [-0.4, -0.2) is 136 Å². The smallest absolute Gasteiger partial charge is 0.343 e. The van der Waals surface area contributed by atoms with Gasteiger partial charge in [-0.1, -0.05) is 43.7 Å². The summed E-state index contributed by atoms with van der Waals surface area (Å²) in [7, 11) is 0. The molecule has 23 heteroatoms. The number of imide groups is 1. The number of hydrogen-bond acceptors (Lipinski definition) is 15. The molecule has 2 aromatic carbocycles. The third-order valence-electron chi connectivity index (χ3n) is 15.4. The third kappa shape index (κ3) is 11.7. The highest BCUT2D eigenvalue weighted by Gasteiger charge is 2.46. The van der Waals surface area contributed by atoms with Gasteiger partial charge in [-0.3, -0.25) is 43.3 Å². The molecule has 22 nitrogen and oxygen atoms in total. The van der Waals surface area contributed by atoms with Gasteiger partial charge in [-0.25, -0.2) is 14.2 Å². The second-order valence-electron chi connectivity index (χ2n) is 20.4. The van der Waals surface area contributed by atoms with Gasteiger partial charge in [0.05, 0.1) is 66.7 Å². The number of pyridine rings is 2. The SMILES string of the molecule is CC[C@@]1(O)C(=O)OCc2c1cc1n(c2=O)Cc2c-1nc1cc(F)c(C)c3c1c2[C@@H](N1CCC(OCNC(=O)CNC(=O)[C@H](Cc2ccccc2)NC(=O)CNCC(C=O)NC(=O)CCCCCN2C(=O)C=CC2=O)CC1=O)CC3. The highest BCUT2D eigenvalue weighted by atomic mass is 19.1. The molecule has 6 N–H and O–H groups in total. The number of carbonyl (C=O) groups excluding carboxylic acids is 9. The van der Waals surface area contributed by atoms with Crippen LogP contribution in [0, 0.1) is 12.7 Å². The zero-order valence-electron chi connectivity index (χ0n) is 43.8. The number of halogens is 1. The fourth-order valence-corrected chi connectivity index (χ4v) is 11.2. The molecule has 1 saturated heterocycles. The van der Waals surface area contributed by atoms with Crippen LogP contribution in [-0.2, 0) is 84.2 Å². The summed E-state index contributed by atoms with van der Waals surface area (Å²) >= 11 is 0. The number of amides is 7. The number of ether oxygens (including phenoxy) is 2. The predicted molar refractivity (Wildman–Crippen MR) is 279 cm³/mol. The van der Waals surface area contributed by atoms with E-state index in [1.807, 2.05) is 0 Å². The molecule has 4 aliphatic heterocycles. The summed E-state index contributed by atoms with van der Waals surface area (Å²) in [5.74, 6) is -4.45. The molecule has 416 valence electrons. The number of aldehydes is 1. The topological polar surface area (TPSA) is 294 Å². The lowest BCUT2D eigenvalue weighted by molar-refractivity contribution is -0.172. The fraction of sp³-hybridized carbons (Fsp3) is 0.446. The summed E-state index contributed by atoms with van der Waals surface area (Å²) in [5, 5.41) is 25.4. The maximum atomic E-state index is 15.5. The fourth-order valence-electron chi connectivity index (χ4n) is 11.2. The average molecular weight is 1090 g/mol. The number of aliphatic hydroxyl groups is 1. The zero-order chi connectivity index (χ0) is 56.1. The Morgan fingerprint density at radius 1 is 0.937 bits per heavy atom. The van der Waals surface area contributed by atoms with E-state index in [0.717, 1.165) is 27.0 Å². The Bertz CT molecular complexity index is 3220. The van der Waals surface area contributed by atoms with Gasteiger partial charge in [0.15, 0.2) is 5.60 Å². The Balaban J connectivity index is 0.756. The van der Waals surface area contributed by atoms with E-state index in [0.29, 0.717) is 72.8 Å². The van der Waals surface area contributed by atoms with Crippen LogP contribution in [0.1, 0.15) is 103 Å². The minimum absolute atomic E-state index is 0.0142. The number of benzene rings is 2. The highest BCUT2D eigenvalue weighted by molar-refractivity contribution is 6.12. The molecule has 2 unspecified atom stereocenters. The number of esters is 1. The maximum absolute atomic E-state index is 15.5. The molecule has 5 atom stereocenters. The number of unbranched alkanes of at least 4 members (excludes halogenated alkanes) is 2. The van der Waals surface area contributed by atoms with E-state index in [2.05, 4.69) is 26.6 Å². The molecular weight excluding hydrogens is 1030 g/mol. The first-order chi connectivity index (χ1) is 38.0. The Kier molecular flexibility index (Phi) is 16.9. The van der Waals surface area contributed by atoms with Crippen molar-refractivity contribution in [2.24, 2.45) is 0 Å². The molecule has 79 heavy (non-hydrogen) atoms. The molecule has 9 rings (SSSR count). The Morgan fingerprint density at radius 3 is 2.44 bits per heavy atom. The van der Waals surface area contributed by atoms with Gasteiger partial charge in [0.2, 0.25) is 29.5 Å². The molecule has 6 heterocycles. The van der Waals surface area contributed by atoms with Gasteiger partial charge in [0, 0.05) is 67.2 Å². The lowest BCUT2D eigenvalue weighted by Crippen LogP contribution is -2.52. The van der Waals surface area contributed by atoms with Crippen LogP contribution in [0.3, 0.4) is 0 Å². The largest absolute Gasteiger partial charge is 0.458 e. The molecule has 7 amide bonds. The van der Waals surface area contributed by atoms with E-state index in [4.69, 9.17) is 14.5 Å². The van der Waals surface area contributed by atoms with Gasteiger partial charge in [-0.15, -0.1) is 0 Å². The van der Waals surface area contributed by atoms with Crippen LogP contribution in [0.2, 0.25) is 0 Å². The number of aromatic nitrogens is 2. The Labute approximate surface area is 452 Å². The monoisotopic (exact) mass is 1090 g/mol. The molecule has 0 bridgehead atoms. The van der Waals surface area contributed by atoms with Crippen molar-refractivity contribution in [3.05, 3.63) is 110 Å². The first kappa shape index (κ1) is 55.7. The average Bonchev–Trinajstić information content (AvgIpc) is 4.21. The van der Waals surface area contributed by atoms with Crippen molar-refractivity contribution in [2.45, 2.75) is 121 Å². The summed E-state index contributed by atoms with van der Waals surface area (Å²) in [6.45, 7) is 2.54. The minimum Gasteiger partial charge on any atom is -0.458 e. The van der Waals surface area contributed by atoms with Crippen molar-refractivity contribution >= 4 is 64.5 Å². The normalized spacial score (nSPS) is 19.8. The number of fused-ring (bicyclic) bond motifs is 5. The number of aryl methyl sites for hydroxylation is 1. The first-order valence-corrected chi connectivity index (χ1v) is 26.6. The van der Waals surface area contributed by atoms with Gasteiger partial charge in [0.25, 0.3) is 17.4 Å². The van der Waals surface area contributed by atoms with Crippen molar-refractivity contribution in [3.8, 4) is 11.4 Å². The standard InChI is InChI=1S/C56H62FN9O13/c1-3-56(77)38-22-43-52-36(27-66(43)54(75)37(38)29-78-55(56)76)51-42(14-13-35-31(2)39(57)23-40(63-52)50(35)51)64-19-17-34(21-49(64)73)79-30-60-45(69)26-59-53(74)41(20-32-10-6-4-7-11-32)62-46(70)25-58-24-33(28-67)61-44(68)12-8-5-9-18-65-47(71)15-16-48(65)72/h4,6-7,10-11,15-16,22-23,28,33-34,41-42,58,77H,3,5,8-9,12-14,17-21,24-27,29-30H2,1-2H3,(H,59,74)(H,60,69)(H,61,68)(H,62,70)/t33?,34?,41-,42-,56-/m0/s1. The van der Waals surface area contributed by atoms with Gasteiger partial charge in [-0.2, -0.15) is 0 Å². The summed E-state index contributed by atoms with van der Waals surface area (Å²) in [6.07, 6.45) is 5.44. The second kappa shape index (κ2) is 23.9. The number of carbonyl (C=O) groups is 9. The summed E-state index contributed by atoms with van der Waals surface area (Å²) in [5.41, 5.74) is 2.43. The van der Waals surface area contributed by atoms with Crippen molar-refractivity contribution in [1.29, 1.82) is 0 Å². The minimum atomic E-state index is -2.04. The van der Waals surface area contributed by atoms with Crippen molar-refractivity contribution in [1.82, 2.24) is 45.9 Å². The van der Waals surface area contributed by atoms with Crippen LogP contribution < -0.4 is 32.1 Å². The maximum Gasteiger partial charge on any atom is 0.343 e. The quantitative estimate of drug-likeness (QED) is 0.0176. The number of cyclic esters (lactones) is 1. The van der Waals surface area contributed by atoms with E-state index in [9.17, 15) is 53.1 Å². The van der Waals surface area contributed by atoms with Crippen LogP contribution in [0.25, 0.3) is 22.3 Å². The van der Waals surface area contributed by atoms with Crippen LogP contribution >= 0.6 is 0 Å². The molecule has 1 aliphatic carbocycles. The number of nitrogens with zero attached hydrogens (tertiary/aromatic N) is 4. The van der Waals surface area contributed by atoms with Gasteiger partial charge >= 0.3 is 5.97 Å². The van der Waals surface area contributed by atoms with E-state index in [1.54, 1.807) is 55.1 Å². The van der Waals surface area contributed by atoms with Gasteiger partial charge < -0.3 is 55.4 Å². The lowest BCUT2D eigenvalue weighted by atomic mass is 9.80. The van der Waals surface area contributed by atoms with Crippen molar-refractivity contribution < 1.29 is 62.1 Å². The zero-order valence-corrected chi connectivity index (χ0v) is 43.8.